The van der Waals surface area contributed by atoms with E-state index in [2.05, 4.69) is 113 Å². The summed E-state index contributed by atoms with van der Waals surface area (Å²) < 4.78 is 1.45. The Morgan fingerprint density at radius 1 is 0.872 bits per heavy atom. The monoisotopic (exact) mass is 644 g/mol. The summed E-state index contributed by atoms with van der Waals surface area (Å²) in [5.74, 6) is 0.426. The molecule has 1 heterocycles. The van der Waals surface area contributed by atoms with Crippen molar-refractivity contribution in [2.75, 3.05) is 0 Å². The quantitative estimate of drug-likeness (QED) is 0.163. The Morgan fingerprint density at radius 3 is 2.31 bits per heavy atom. The fourth-order valence-electron chi connectivity index (χ4n) is 7.01. The van der Waals surface area contributed by atoms with E-state index in [0.29, 0.717) is 5.92 Å². The first kappa shape index (κ1) is 27.5. The molecule has 4 aromatic rings. The predicted octanol–water partition coefficient (Wildman–Crippen LogP) is 8.22. The van der Waals surface area contributed by atoms with Crippen LogP contribution >= 0.6 is 17.0 Å². The molecule has 0 N–H and O–H groups in total. The van der Waals surface area contributed by atoms with Gasteiger partial charge in [-0.1, -0.05) is 0 Å². The van der Waals surface area contributed by atoms with Crippen LogP contribution in [0.4, 0.5) is 0 Å². The van der Waals surface area contributed by atoms with Crippen LogP contribution in [0.2, 0.25) is 0 Å². The zero-order valence-electron chi connectivity index (χ0n) is 23.5. The predicted molar refractivity (Wildman–Crippen MR) is 172 cm³/mol. The van der Waals surface area contributed by atoms with E-state index >= 15 is 0 Å². The maximum absolute atomic E-state index is 7.86. The molecule has 0 aromatic heterocycles. The van der Waals surface area contributed by atoms with Gasteiger partial charge in [0, 0.05) is 0 Å². The second-order valence-corrected chi connectivity index (χ2v) is 27.6. The molecule has 0 fully saturated rings. The maximum atomic E-state index is 7.86. The molecule has 0 spiro atoms. The SMILES string of the molecule is CCCC1=Cc2c(ccc(C(C)C)c2-c2cc(C)cc(C)c2)[CH]1[Zr]([Cl])([Cl])[c]1cccc2c1[SiH2]c1ccccc1-2. The average molecular weight is 647 g/mol. The van der Waals surface area contributed by atoms with Crippen LogP contribution in [-0.4, -0.2) is 9.52 Å². The molecule has 6 rings (SSSR count). The van der Waals surface area contributed by atoms with Gasteiger partial charge in [0.25, 0.3) is 0 Å². The third-order valence-electron chi connectivity index (χ3n) is 8.57. The fraction of sp³-hybridized carbons (Fsp3) is 0.257. The van der Waals surface area contributed by atoms with E-state index in [0.717, 1.165) is 12.8 Å². The summed E-state index contributed by atoms with van der Waals surface area (Å²) >= 11 is -3.96. The van der Waals surface area contributed by atoms with Crippen molar-refractivity contribution in [2.45, 2.75) is 57.0 Å². The number of rotatable bonds is 6. The van der Waals surface area contributed by atoms with Crippen molar-refractivity contribution in [3.8, 4) is 22.3 Å². The van der Waals surface area contributed by atoms with Crippen molar-refractivity contribution < 1.29 is 17.9 Å². The van der Waals surface area contributed by atoms with Gasteiger partial charge in [-0.3, -0.25) is 0 Å². The van der Waals surface area contributed by atoms with Crippen LogP contribution in [0.15, 0.2) is 78.4 Å². The minimum absolute atomic E-state index is 0.132. The topological polar surface area (TPSA) is 0 Å². The third-order valence-corrected chi connectivity index (χ3v) is 22.9. The van der Waals surface area contributed by atoms with Crippen LogP contribution in [0.5, 0.6) is 0 Å². The molecule has 39 heavy (non-hydrogen) atoms. The molecule has 2 aliphatic rings. The van der Waals surface area contributed by atoms with Crippen molar-refractivity contribution in [3.05, 3.63) is 106 Å². The molecule has 1 atom stereocenters. The van der Waals surface area contributed by atoms with Gasteiger partial charge in [0.1, 0.15) is 0 Å². The molecule has 0 bridgehead atoms. The molecule has 4 heteroatoms. The second kappa shape index (κ2) is 10.6. The summed E-state index contributed by atoms with van der Waals surface area (Å²) in [6.07, 6.45) is 4.61. The molecule has 0 saturated carbocycles. The van der Waals surface area contributed by atoms with Crippen LogP contribution in [0.3, 0.4) is 0 Å². The van der Waals surface area contributed by atoms with Crippen molar-refractivity contribution in [1.82, 2.24) is 0 Å². The van der Waals surface area contributed by atoms with Gasteiger partial charge in [-0.15, -0.1) is 0 Å². The molecule has 1 unspecified atom stereocenters. The number of aryl methyl sites for hydroxylation is 2. The van der Waals surface area contributed by atoms with Gasteiger partial charge in [-0.05, 0) is 0 Å². The van der Waals surface area contributed by atoms with Gasteiger partial charge in [0.05, 0.1) is 0 Å². The number of hydrogen-bond acceptors (Lipinski definition) is 0. The Kier molecular flexibility index (Phi) is 7.47. The van der Waals surface area contributed by atoms with Crippen LogP contribution in [0.25, 0.3) is 28.3 Å². The van der Waals surface area contributed by atoms with E-state index in [1.54, 1.807) is 0 Å². The first-order valence-corrected chi connectivity index (χ1v) is 24.6. The zero-order valence-corrected chi connectivity index (χ0v) is 28.9. The van der Waals surface area contributed by atoms with E-state index in [9.17, 15) is 0 Å². The second-order valence-electron chi connectivity index (χ2n) is 11.8. The summed E-state index contributed by atoms with van der Waals surface area (Å²) in [5, 5.41) is 3.02. The molecule has 0 nitrogen and oxygen atoms in total. The average Bonchev–Trinajstić information content (AvgIpc) is 3.46. The zero-order chi connectivity index (χ0) is 27.5. The third kappa shape index (κ3) is 4.70. The van der Waals surface area contributed by atoms with Gasteiger partial charge in [0.2, 0.25) is 0 Å². The van der Waals surface area contributed by atoms with Crippen molar-refractivity contribution >= 4 is 46.3 Å². The van der Waals surface area contributed by atoms with Gasteiger partial charge in [0.15, 0.2) is 0 Å². The van der Waals surface area contributed by atoms with Crippen LogP contribution in [0.1, 0.15) is 71.0 Å². The molecule has 0 radical (unpaired) electrons. The molecular formula is C35H36Cl2SiZr. The Bertz CT molecular complexity index is 1610. The van der Waals surface area contributed by atoms with E-state index in [1.807, 2.05) is 0 Å². The number of hydrogen-bond donors (Lipinski definition) is 0. The molecule has 1 aliphatic heterocycles. The standard InChI is InChI=1S/C23H27.C12H9Si.2ClH.Zr/c1-6-7-18-13-19-8-9-21(15(2)3)23(22(19)14-18)20-11-16(4)10-17(5)12-20;1-3-7-11-9(5-1)10-6-2-4-8-12(10)13-11;;;/h8-15H,6-7H2,1-5H3;1-7H,13H2;2*1H;/q;;;;+2/p-2. The normalized spacial score (nSPS) is 16.4. The summed E-state index contributed by atoms with van der Waals surface area (Å²) in [5.41, 5.74) is 13.6. The Balaban J connectivity index is 1.56. The van der Waals surface area contributed by atoms with Crippen LogP contribution in [0, 0.1) is 13.8 Å². The number of fused-ring (bicyclic) bond motifs is 4. The van der Waals surface area contributed by atoms with E-state index in [-0.39, 0.29) is 3.63 Å². The Morgan fingerprint density at radius 2 is 1.59 bits per heavy atom. The number of allylic oxidation sites excluding steroid dienone is 1. The first-order valence-electron chi connectivity index (χ1n) is 14.2. The van der Waals surface area contributed by atoms with Crippen LogP contribution < -0.4 is 13.6 Å². The van der Waals surface area contributed by atoms with Crippen molar-refractivity contribution in [2.24, 2.45) is 0 Å². The fourth-order valence-corrected chi connectivity index (χ4v) is 23.9. The summed E-state index contributed by atoms with van der Waals surface area (Å²) in [4.78, 5) is 0. The minimum atomic E-state index is -3.96. The molecule has 1 aliphatic carbocycles. The molecule has 198 valence electrons. The van der Waals surface area contributed by atoms with E-state index < -0.39 is 27.4 Å². The molecule has 0 amide bonds. The van der Waals surface area contributed by atoms with E-state index in [4.69, 9.17) is 17.0 Å². The number of halogens is 2. The van der Waals surface area contributed by atoms with Crippen LogP contribution in [-0.2, 0) is 17.9 Å². The Hall–Kier alpha value is -1.70. The molecule has 4 aromatic carbocycles. The summed E-state index contributed by atoms with van der Waals surface area (Å²) in [7, 11) is 15.1. The van der Waals surface area contributed by atoms with Gasteiger partial charge in [-0.25, -0.2) is 0 Å². The van der Waals surface area contributed by atoms with Gasteiger partial charge < -0.3 is 0 Å². The number of benzene rings is 4. The first-order chi connectivity index (χ1) is 18.7. The molecular weight excluding hydrogens is 611 g/mol. The molecule has 0 saturated heterocycles. The Labute approximate surface area is 247 Å². The van der Waals surface area contributed by atoms with Gasteiger partial charge in [-0.2, -0.15) is 0 Å². The van der Waals surface area contributed by atoms with Crippen molar-refractivity contribution in [1.29, 1.82) is 0 Å². The summed E-state index contributed by atoms with van der Waals surface area (Å²) in [6.45, 7) is 11.3. The van der Waals surface area contributed by atoms with E-state index in [1.165, 1.54) is 69.3 Å². The van der Waals surface area contributed by atoms with Crippen molar-refractivity contribution in [3.63, 3.8) is 0 Å². The summed E-state index contributed by atoms with van der Waals surface area (Å²) in [6, 6.07) is 27.4. The van der Waals surface area contributed by atoms with Gasteiger partial charge >= 0.3 is 250 Å².